The third-order valence-corrected chi connectivity index (χ3v) is 4.66. The third kappa shape index (κ3) is 3.64. The first-order chi connectivity index (χ1) is 11.1. The zero-order valence-electron chi connectivity index (χ0n) is 13.6. The third-order valence-electron chi connectivity index (χ3n) is 4.66. The minimum absolute atomic E-state index is 0.0221. The Balaban J connectivity index is 1.62. The van der Waals surface area contributed by atoms with Gasteiger partial charge in [-0.05, 0) is 24.7 Å². The normalized spacial score (nSPS) is 25.1. The van der Waals surface area contributed by atoms with Crippen LogP contribution in [0.1, 0.15) is 5.56 Å². The molecule has 0 N–H and O–H groups in total. The van der Waals surface area contributed by atoms with Gasteiger partial charge in [0.15, 0.2) is 11.6 Å². The average molecular weight is 322 g/mol. The first kappa shape index (κ1) is 16.2. The maximum atomic E-state index is 13.7. The molecule has 2 atom stereocenters. The van der Waals surface area contributed by atoms with Crippen LogP contribution < -0.4 is 4.74 Å². The molecule has 1 amide bonds. The van der Waals surface area contributed by atoms with Crippen LogP contribution in [0.2, 0.25) is 0 Å². The van der Waals surface area contributed by atoms with Crippen molar-refractivity contribution in [1.29, 1.82) is 0 Å². The Morgan fingerprint density at radius 1 is 1.39 bits per heavy atom. The van der Waals surface area contributed by atoms with Gasteiger partial charge in [0.05, 0.1) is 26.2 Å². The summed E-state index contributed by atoms with van der Waals surface area (Å²) in [6.45, 7) is 3.95. The van der Waals surface area contributed by atoms with Crippen LogP contribution in [0.3, 0.4) is 0 Å². The maximum Gasteiger partial charge on any atom is 0.227 e. The van der Waals surface area contributed by atoms with E-state index in [0.717, 1.165) is 13.1 Å². The highest BCUT2D eigenvalue weighted by Gasteiger charge is 2.37. The van der Waals surface area contributed by atoms with Crippen molar-refractivity contribution in [2.75, 3.05) is 46.9 Å². The zero-order valence-corrected chi connectivity index (χ0v) is 13.6. The van der Waals surface area contributed by atoms with E-state index in [2.05, 4.69) is 11.9 Å². The summed E-state index contributed by atoms with van der Waals surface area (Å²) in [6, 6.07) is 4.66. The molecule has 3 rings (SSSR count). The number of likely N-dealkylation sites (tertiary alicyclic amines) is 1. The molecule has 0 spiro atoms. The average Bonchev–Trinajstić information content (AvgIpc) is 2.82. The van der Waals surface area contributed by atoms with Crippen LogP contribution in [-0.4, -0.2) is 68.8 Å². The van der Waals surface area contributed by atoms with Gasteiger partial charge in [0.25, 0.3) is 0 Å². The Morgan fingerprint density at radius 3 is 2.96 bits per heavy atom. The molecular weight excluding hydrogens is 299 g/mol. The number of carbonyl (C=O) groups excluding carboxylic acids is 1. The lowest BCUT2D eigenvalue weighted by molar-refractivity contribution is -0.130. The fourth-order valence-corrected chi connectivity index (χ4v) is 3.37. The number of ether oxygens (including phenoxy) is 2. The van der Waals surface area contributed by atoms with Crippen molar-refractivity contribution in [2.24, 2.45) is 5.92 Å². The lowest BCUT2D eigenvalue weighted by atomic mass is 10.1. The van der Waals surface area contributed by atoms with E-state index in [1.54, 1.807) is 12.1 Å². The first-order valence-electron chi connectivity index (χ1n) is 7.97. The van der Waals surface area contributed by atoms with E-state index >= 15 is 0 Å². The minimum Gasteiger partial charge on any atom is -0.494 e. The van der Waals surface area contributed by atoms with Crippen molar-refractivity contribution in [3.05, 3.63) is 29.6 Å². The van der Waals surface area contributed by atoms with E-state index in [-0.39, 0.29) is 24.2 Å². The summed E-state index contributed by atoms with van der Waals surface area (Å²) in [4.78, 5) is 16.6. The van der Waals surface area contributed by atoms with Crippen LogP contribution in [0, 0.1) is 11.7 Å². The van der Waals surface area contributed by atoms with Gasteiger partial charge in [-0.3, -0.25) is 4.79 Å². The Labute approximate surface area is 136 Å². The van der Waals surface area contributed by atoms with Gasteiger partial charge >= 0.3 is 0 Å². The second-order valence-corrected chi connectivity index (χ2v) is 6.38. The molecule has 23 heavy (non-hydrogen) atoms. The number of carbonyl (C=O) groups is 1. The number of fused-ring (bicyclic) bond motifs is 1. The molecular formula is C17H23FN2O3. The number of likely N-dealkylation sites (N-methyl/N-ethyl adjacent to an activating group) is 1. The molecule has 0 aromatic heterocycles. The van der Waals surface area contributed by atoms with Gasteiger partial charge in [-0.15, -0.1) is 0 Å². The summed E-state index contributed by atoms with van der Waals surface area (Å²) < 4.78 is 24.5. The molecule has 0 radical (unpaired) electrons. The van der Waals surface area contributed by atoms with Crippen molar-refractivity contribution in [3.8, 4) is 5.75 Å². The van der Waals surface area contributed by atoms with E-state index in [4.69, 9.17) is 9.47 Å². The summed E-state index contributed by atoms with van der Waals surface area (Å²) in [6.07, 6.45) is 0.326. The highest BCUT2D eigenvalue weighted by Crippen LogP contribution is 2.24. The summed E-state index contributed by atoms with van der Waals surface area (Å²) in [7, 11) is 3.51. The molecule has 1 aromatic carbocycles. The van der Waals surface area contributed by atoms with Crippen LogP contribution in [0.5, 0.6) is 5.75 Å². The lowest BCUT2D eigenvalue weighted by Crippen LogP contribution is -2.33. The predicted molar refractivity (Wildman–Crippen MR) is 84.0 cm³/mol. The van der Waals surface area contributed by atoms with E-state index in [1.807, 2.05) is 4.90 Å². The molecule has 5 nitrogen and oxygen atoms in total. The minimum atomic E-state index is -0.436. The highest BCUT2D eigenvalue weighted by molar-refractivity contribution is 5.79. The van der Waals surface area contributed by atoms with E-state index in [0.29, 0.717) is 31.2 Å². The van der Waals surface area contributed by atoms with Crippen molar-refractivity contribution >= 4 is 5.91 Å². The number of halogens is 1. The number of hydrogen-bond donors (Lipinski definition) is 0. The number of hydrogen-bond acceptors (Lipinski definition) is 4. The highest BCUT2D eigenvalue weighted by atomic mass is 19.1. The molecule has 2 saturated heterocycles. The topological polar surface area (TPSA) is 42.0 Å². The van der Waals surface area contributed by atoms with E-state index in [1.165, 1.54) is 13.2 Å². The van der Waals surface area contributed by atoms with Crippen LogP contribution >= 0.6 is 0 Å². The number of nitrogens with zero attached hydrogens (tertiary/aromatic N) is 2. The van der Waals surface area contributed by atoms with Gasteiger partial charge in [-0.2, -0.15) is 0 Å². The Bertz CT molecular complexity index is 581. The van der Waals surface area contributed by atoms with Crippen molar-refractivity contribution in [2.45, 2.75) is 12.5 Å². The fraction of sp³-hybridized carbons (Fsp3) is 0.588. The number of rotatable bonds is 3. The predicted octanol–water partition coefficient (Wildman–Crippen LogP) is 1.17. The Morgan fingerprint density at radius 2 is 2.22 bits per heavy atom. The smallest absolute Gasteiger partial charge is 0.227 e. The van der Waals surface area contributed by atoms with Gasteiger partial charge in [0, 0.05) is 32.1 Å². The van der Waals surface area contributed by atoms with E-state index in [9.17, 15) is 9.18 Å². The van der Waals surface area contributed by atoms with Crippen molar-refractivity contribution < 1.29 is 18.7 Å². The molecule has 0 bridgehead atoms. The maximum absolute atomic E-state index is 13.7. The van der Waals surface area contributed by atoms with Gasteiger partial charge in [-0.1, -0.05) is 6.07 Å². The van der Waals surface area contributed by atoms with Gasteiger partial charge in [-0.25, -0.2) is 4.39 Å². The monoisotopic (exact) mass is 322 g/mol. The van der Waals surface area contributed by atoms with Crippen molar-refractivity contribution in [1.82, 2.24) is 9.80 Å². The molecule has 0 aliphatic carbocycles. The SMILES string of the molecule is COc1ccc(CC(=O)N2C[C@@H]3CN(C)CCO[C@@H]3C2)cc1F. The molecule has 1 aromatic rings. The quantitative estimate of drug-likeness (QED) is 0.838. The second-order valence-electron chi connectivity index (χ2n) is 6.38. The zero-order chi connectivity index (χ0) is 16.4. The van der Waals surface area contributed by atoms with Crippen LogP contribution in [-0.2, 0) is 16.0 Å². The first-order valence-corrected chi connectivity index (χ1v) is 7.97. The molecule has 6 heteroatoms. The summed E-state index contributed by atoms with van der Waals surface area (Å²) in [5.74, 6) is 0.142. The molecule has 0 unspecified atom stereocenters. The second kappa shape index (κ2) is 6.84. The summed E-state index contributed by atoms with van der Waals surface area (Å²) in [5.41, 5.74) is 0.665. The number of methoxy groups -OCH3 is 1. The molecule has 0 saturated carbocycles. The Kier molecular flexibility index (Phi) is 4.82. The Hall–Kier alpha value is -1.66. The van der Waals surface area contributed by atoms with Crippen molar-refractivity contribution in [3.63, 3.8) is 0 Å². The van der Waals surface area contributed by atoms with E-state index < -0.39 is 5.82 Å². The molecule has 2 heterocycles. The fourth-order valence-electron chi connectivity index (χ4n) is 3.37. The van der Waals surface area contributed by atoms with Crippen LogP contribution in [0.15, 0.2) is 18.2 Å². The molecule has 126 valence electrons. The molecule has 2 aliphatic heterocycles. The molecule has 2 fully saturated rings. The number of benzene rings is 1. The van der Waals surface area contributed by atoms with Gasteiger partial charge in [0.1, 0.15) is 0 Å². The van der Waals surface area contributed by atoms with Gasteiger partial charge in [0.2, 0.25) is 5.91 Å². The standard InChI is InChI=1S/C17H23FN2O3/c1-19-5-6-23-16-11-20(10-13(16)9-19)17(21)8-12-3-4-15(22-2)14(18)7-12/h3-4,7,13,16H,5-6,8-11H2,1-2H3/t13-,16+/m0/s1. The van der Waals surface area contributed by atoms with Crippen LogP contribution in [0.4, 0.5) is 4.39 Å². The summed E-state index contributed by atoms with van der Waals surface area (Å²) >= 11 is 0. The molecule has 2 aliphatic rings. The summed E-state index contributed by atoms with van der Waals surface area (Å²) in [5, 5.41) is 0. The largest absolute Gasteiger partial charge is 0.494 e. The number of amides is 1. The van der Waals surface area contributed by atoms with Crippen LogP contribution in [0.25, 0.3) is 0 Å². The van der Waals surface area contributed by atoms with Gasteiger partial charge < -0.3 is 19.3 Å². The lowest BCUT2D eigenvalue weighted by Gasteiger charge is -2.19.